The third-order valence-electron chi connectivity index (χ3n) is 4.21. The van der Waals surface area contributed by atoms with Gasteiger partial charge < -0.3 is 10.0 Å². The molecule has 2 heterocycles. The Hall–Kier alpha value is -2.22. The van der Waals surface area contributed by atoms with E-state index in [1.165, 1.54) is 0 Å². The lowest BCUT2D eigenvalue weighted by Crippen LogP contribution is -2.42. The van der Waals surface area contributed by atoms with E-state index < -0.39 is 11.9 Å². The van der Waals surface area contributed by atoms with Gasteiger partial charge in [-0.05, 0) is 38.0 Å². The molecule has 0 spiro atoms. The fraction of sp³-hybridized carbons (Fsp3) is 0.375. The number of hydrogen-bond donors (Lipinski definition) is 1. The minimum absolute atomic E-state index is 0.220. The quantitative estimate of drug-likeness (QED) is 0.865. The number of piperidine rings is 1. The van der Waals surface area contributed by atoms with Crippen molar-refractivity contribution in [3.05, 3.63) is 40.1 Å². The van der Waals surface area contributed by atoms with Crippen LogP contribution in [0.5, 0.6) is 0 Å². The van der Waals surface area contributed by atoms with Gasteiger partial charge in [0.2, 0.25) is 0 Å². The van der Waals surface area contributed by atoms with Gasteiger partial charge >= 0.3 is 5.97 Å². The molecule has 0 saturated carbocycles. The summed E-state index contributed by atoms with van der Waals surface area (Å²) in [7, 11) is 0. The minimum atomic E-state index is -0.859. The summed E-state index contributed by atoms with van der Waals surface area (Å²) in [5.41, 5.74) is 1.70. The van der Waals surface area contributed by atoms with Gasteiger partial charge in [0.15, 0.2) is 5.69 Å². The average Bonchev–Trinajstić information content (AvgIpc) is 2.96. The summed E-state index contributed by atoms with van der Waals surface area (Å²) in [4.78, 5) is 25.4. The molecule has 1 aliphatic rings. The smallest absolute Gasteiger partial charge is 0.308 e. The second-order valence-corrected chi connectivity index (χ2v) is 6.76. The van der Waals surface area contributed by atoms with E-state index in [1.54, 1.807) is 16.5 Å². The highest BCUT2D eigenvalue weighted by Gasteiger charge is 2.31. The van der Waals surface area contributed by atoms with Crippen molar-refractivity contribution in [1.29, 1.82) is 0 Å². The molecule has 1 N–H and O–H groups in total. The molecule has 0 radical (unpaired) electrons. The molecule has 1 fully saturated rings. The number of hydrogen-bond acceptors (Lipinski definition) is 4. The topological polar surface area (TPSA) is 88.3 Å². The van der Waals surface area contributed by atoms with Crippen LogP contribution in [0.1, 0.15) is 29.0 Å². The van der Waals surface area contributed by atoms with E-state index in [-0.39, 0.29) is 18.1 Å². The largest absolute Gasteiger partial charge is 0.481 e. The zero-order chi connectivity index (χ0) is 17.3. The number of aliphatic carboxylic acids is 1. The number of nitrogens with zero attached hydrogens (tertiary/aromatic N) is 4. The lowest BCUT2D eigenvalue weighted by Gasteiger charge is -2.30. The van der Waals surface area contributed by atoms with Gasteiger partial charge in [-0.1, -0.05) is 27.2 Å². The number of halogens is 1. The average molecular weight is 393 g/mol. The second kappa shape index (κ2) is 6.72. The van der Waals surface area contributed by atoms with Crippen LogP contribution in [-0.2, 0) is 4.79 Å². The predicted molar refractivity (Wildman–Crippen MR) is 90.1 cm³/mol. The van der Waals surface area contributed by atoms with Crippen LogP contribution in [0.4, 0.5) is 0 Å². The van der Waals surface area contributed by atoms with Crippen molar-refractivity contribution in [1.82, 2.24) is 19.9 Å². The minimum Gasteiger partial charge on any atom is -0.481 e. The van der Waals surface area contributed by atoms with E-state index in [2.05, 4.69) is 26.2 Å². The first-order valence-electron chi connectivity index (χ1n) is 7.67. The number of carbonyl (C=O) groups is 2. The van der Waals surface area contributed by atoms with Crippen molar-refractivity contribution >= 4 is 27.8 Å². The highest BCUT2D eigenvalue weighted by Crippen LogP contribution is 2.21. The van der Waals surface area contributed by atoms with Gasteiger partial charge in [0, 0.05) is 17.6 Å². The van der Waals surface area contributed by atoms with E-state index in [9.17, 15) is 9.59 Å². The maximum atomic E-state index is 12.7. The molecule has 126 valence electrons. The molecule has 0 bridgehead atoms. The van der Waals surface area contributed by atoms with E-state index >= 15 is 0 Å². The summed E-state index contributed by atoms with van der Waals surface area (Å²) in [6, 6.07) is 7.55. The van der Waals surface area contributed by atoms with Crippen LogP contribution in [0.25, 0.3) is 5.69 Å². The third-order valence-corrected chi connectivity index (χ3v) is 4.70. The molecular weight excluding hydrogens is 376 g/mol. The Morgan fingerprint density at radius 2 is 2.17 bits per heavy atom. The van der Waals surface area contributed by atoms with Crippen molar-refractivity contribution in [3.63, 3.8) is 0 Å². The first-order chi connectivity index (χ1) is 11.5. The Bertz CT molecular complexity index is 789. The number of rotatable bonds is 3. The predicted octanol–water partition coefficient (Wildman–Crippen LogP) is 2.28. The molecule has 8 heteroatoms. The van der Waals surface area contributed by atoms with Crippen LogP contribution in [0.3, 0.4) is 0 Å². The fourth-order valence-electron chi connectivity index (χ4n) is 2.89. The second-order valence-electron chi connectivity index (χ2n) is 5.84. The Kier molecular flexibility index (Phi) is 4.66. The molecule has 7 nitrogen and oxygen atoms in total. The van der Waals surface area contributed by atoms with Crippen LogP contribution < -0.4 is 0 Å². The van der Waals surface area contributed by atoms with Gasteiger partial charge in [-0.15, -0.1) is 5.10 Å². The SMILES string of the molecule is Cc1c(C(=O)N2CCC[C@H](C(=O)O)C2)nnn1-c1cccc(Br)c1. The molecule has 1 aromatic carbocycles. The molecule has 0 aliphatic carbocycles. The number of likely N-dealkylation sites (tertiary alicyclic amines) is 1. The van der Waals surface area contributed by atoms with Crippen LogP contribution >= 0.6 is 15.9 Å². The summed E-state index contributed by atoms with van der Waals surface area (Å²) in [5, 5.41) is 17.3. The van der Waals surface area contributed by atoms with E-state index in [4.69, 9.17) is 5.11 Å². The molecule has 3 rings (SSSR count). The highest BCUT2D eigenvalue weighted by atomic mass is 79.9. The lowest BCUT2D eigenvalue weighted by molar-refractivity contribution is -0.143. The Morgan fingerprint density at radius 1 is 1.38 bits per heavy atom. The van der Waals surface area contributed by atoms with Gasteiger partial charge in [-0.3, -0.25) is 9.59 Å². The van der Waals surface area contributed by atoms with Crippen molar-refractivity contribution < 1.29 is 14.7 Å². The van der Waals surface area contributed by atoms with Crippen molar-refractivity contribution in [2.75, 3.05) is 13.1 Å². The molecule has 1 aromatic heterocycles. The van der Waals surface area contributed by atoms with Gasteiger partial charge in [-0.2, -0.15) is 0 Å². The summed E-state index contributed by atoms with van der Waals surface area (Å²) in [6.07, 6.45) is 1.28. The standard InChI is InChI=1S/C16H17BrN4O3/c1-10-14(15(22)20-7-3-4-11(9-20)16(23)24)18-19-21(10)13-6-2-5-12(17)8-13/h2,5-6,8,11H,3-4,7,9H2,1H3,(H,23,24)/t11-/m0/s1. The molecule has 2 aromatic rings. The van der Waals surface area contributed by atoms with E-state index in [1.807, 2.05) is 24.3 Å². The molecule has 0 unspecified atom stereocenters. The van der Waals surface area contributed by atoms with Gasteiger partial charge in [-0.25, -0.2) is 4.68 Å². The maximum absolute atomic E-state index is 12.7. The third kappa shape index (κ3) is 3.19. The summed E-state index contributed by atoms with van der Waals surface area (Å²) < 4.78 is 2.51. The highest BCUT2D eigenvalue weighted by molar-refractivity contribution is 9.10. The van der Waals surface area contributed by atoms with Crippen LogP contribution in [0.15, 0.2) is 28.7 Å². The number of carboxylic acids is 1. The van der Waals surface area contributed by atoms with Crippen LogP contribution in [0, 0.1) is 12.8 Å². The molecule has 1 saturated heterocycles. The summed E-state index contributed by atoms with van der Waals surface area (Å²) in [6.45, 7) is 2.55. The van der Waals surface area contributed by atoms with Crippen LogP contribution in [-0.4, -0.2) is 50.0 Å². The van der Waals surface area contributed by atoms with E-state index in [0.29, 0.717) is 25.1 Å². The van der Waals surface area contributed by atoms with Crippen LogP contribution in [0.2, 0.25) is 0 Å². The van der Waals surface area contributed by atoms with Gasteiger partial charge in [0.25, 0.3) is 5.91 Å². The molecule has 1 amide bonds. The number of carbonyl (C=O) groups excluding carboxylic acids is 1. The Labute approximate surface area is 147 Å². The van der Waals surface area contributed by atoms with Gasteiger partial charge in [0.1, 0.15) is 0 Å². The molecule has 1 aliphatic heterocycles. The Balaban J connectivity index is 1.85. The summed E-state index contributed by atoms with van der Waals surface area (Å²) in [5.74, 6) is -1.63. The van der Waals surface area contributed by atoms with Crippen molar-refractivity contribution in [2.24, 2.45) is 5.92 Å². The number of amides is 1. The fourth-order valence-corrected chi connectivity index (χ4v) is 3.28. The monoisotopic (exact) mass is 392 g/mol. The zero-order valence-electron chi connectivity index (χ0n) is 13.1. The first kappa shape index (κ1) is 16.6. The molecule has 1 atom stereocenters. The zero-order valence-corrected chi connectivity index (χ0v) is 14.7. The molecular formula is C16H17BrN4O3. The molecule has 24 heavy (non-hydrogen) atoms. The van der Waals surface area contributed by atoms with Crippen molar-refractivity contribution in [2.45, 2.75) is 19.8 Å². The van der Waals surface area contributed by atoms with E-state index in [0.717, 1.165) is 10.2 Å². The Morgan fingerprint density at radius 3 is 2.88 bits per heavy atom. The number of carboxylic acid groups (broad SMARTS) is 1. The number of aromatic nitrogens is 3. The lowest BCUT2D eigenvalue weighted by atomic mass is 9.98. The summed E-state index contributed by atoms with van der Waals surface area (Å²) >= 11 is 3.41. The van der Waals surface area contributed by atoms with Crippen molar-refractivity contribution in [3.8, 4) is 5.69 Å². The normalized spacial score (nSPS) is 17.8. The number of benzene rings is 1. The maximum Gasteiger partial charge on any atom is 0.308 e. The first-order valence-corrected chi connectivity index (χ1v) is 8.47. The van der Waals surface area contributed by atoms with Gasteiger partial charge in [0.05, 0.1) is 17.3 Å².